The molecule has 6 heteroatoms. The number of aromatic amines is 1. The predicted octanol–water partition coefficient (Wildman–Crippen LogP) is 1.59. The number of hydrogen-bond donors (Lipinski definition) is 2. The van der Waals surface area contributed by atoms with E-state index in [1.165, 1.54) is 0 Å². The number of nitrogens with two attached hydrogens (primary N) is 1. The number of nitrogens with one attached hydrogen (secondary N) is 1. The number of anilines is 1. The Morgan fingerprint density at radius 1 is 1.11 bits per heavy atom. The predicted molar refractivity (Wildman–Crippen MR) is 66.9 cm³/mol. The Balaban J connectivity index is 2.08. The van der Waals surface area contributed by atoms with Crippen molar-refractivity contribution in [2.45, 2.75) is 6.61 Å². The van der Waals surface area contributed by atoms with Gasteiger partial charge < -0.3 is 19.9 Å². The van der Waals surface area contributed by atoms with Crippen LogP contribution in [0.2, 0.25) is 0 Å². The normalized spacial score (nSPS) is 10.1. The zero-order chi connectivity index (χ0) is 13.0. The minimum Gasteiger partial charge on any atom is -0.497 e. The second-order valence-corrected chi connectivity index (χ2v) is 3.67. The molecule has 96 valence electrons. The summed E-state index contributed by atoms with van der Waals surface area (Å²) in [4.78, 5) is 0. The summed E-state index contributed by atoms with van der Waals surface area (Å²) >= 11 is 0. The first-order valence-corrected chi connectivity index (χ1v) is 5.37. The third-order valence-corrected chi connectivity index (χ3v) is 2.37. The minimum atomic E-state index is 0.359. The van der Waals surface area contributed by atoms with Crippen molar-refractivity contribution in [2.75, 3.05) is 20.0 Å². The quantitative estimate of drug-likeness (QED) is 0.840. The molecular weight excluding hydrogens is 234 g/mol. The SMILES string of the molecule is COc1cc(COc2cc(N)[nH]n2)cc(OC)c1. The molecule has 2 aromatic rings. The molecule has 0 amide bonds. The molecule has 0 radical (unpaired) electrons. The molecule has 2 rings (SSSR count). The molecule has 6 nitrogen and oxygen atoms in total. The molecule has 0 unspecified atom stereocenters. The highest BCUT2D eigenvalue weighted by Crippen LogP contribution is 2.23. The van der Waals surface area contributed by atoms with Crippen LogP contribution in [0.15, 0.2) is 24.3 Å². The first kappa shape index (κ1) is 12.1. The Bertz CT molecular complexity index is 503. The average molecular weight is 249 g/mol. The van der Waals surface area contributed by atoms with E-state index in [2.05, 4.69) is 10.2 Å². The Morgan fingerprint density at radius 2 is 1.78 bits per heavy atom. The van der Waals surface area contributed by atoms with Crippen molar-refractivity contribution in [3.8, 4) is 17.4 Å². The topological polar surface area (TPSA) is 82.4 Å². The summed E-state index contributed by atoms with van der Waals surface area (Å²) in [5.41, 5.74) is 6.42. The van der Waals surface area contributed by atoms with Crippen molar-refractivity contribution in [2.24, 2.45) is 0 Å². The monoisotopic (exact) mass is 249 g/mol. The Hall–Kier alpha value is -2.37. The maximum Gasteiger partial charge on any atom is 0.235 e. The number of benzene rings is 1. The lowest BCUT2D eigenvalue weighted by Crippen LogP contribution is -1.97. The van der Waals surface area contributed by atoms with Crippen molar-refractivity contribution in [1.29, 1.82) is 0 Å². The molecule has 0 aliphatic carbocycles. The zero-order valence-electron chi connectivity index (χ0n) is 10.3. The van der Waals surface area contributed by atoms with Crippen LogP contribution in [0.3, 0.4) is 0 Å². The number of H-pyrrole nitrogens is 1. The van der Waals surface area contributed by atoms with E-state index in [4.69, 9.17) is 19.9 Å². The van der Waals surface area contributed by atoms with Gasteiger partial charge in [-0.15, -0.1) is 5.10 Å². The van der Waals surface area contributed by atoms with E-state index in [0.717, 1.165) is 17.1 Å². The summed E-state index contributed by atoms with van der Waals surface area (Å²) in [5.74, 6) is 2.35. The second kappa shape index (κ2) is 5.31. The van der Waals surface area contributed by atoms with Gasteiger partial charge in [-0.1, -0.05) is 0 Å². The van der Waals surface area contributed by atoms with E-state index >= 15 is 0 Å². The molecule has 1 heterocycles. The first-order chi connectivity index (χ1) is 8.71. The van der Waals surface area contributed by atoms with Crippen LogP contribution in [-0.2, 0) is 6.61 Å². The fraction of sp³-hybridized carbons (Fsp3) is 0.250. The number of ether oxygens (including phenoxy) is 3. The van der Waals surface area contributed by atoms with Gasteiger partial charge in [-0.05, 0) is 17.7 Å². The van der Waals surface area contributed by atoms with Crippen molar-refractivity contribution in [1.82, 2.24) is 10.2 Å². The molecule has 0 spiro atoms. The van der Waals surface area contributed by atoms with Crippen LogP contribution in [0.4, 0.5) is 5.82 Å². The van der Waals surface area contributed by atoms with E-state index < -0.39 is 0 Å². The first-order valence-electron chi connectivity index (χ1n) is 5.37. The smallest absolute Gasteiger partial charge is 0.235 e. The van der Waals surface area contributed by atoms with E-state index in [1.54, 1.807) is 26.4 Å². The van der Waals surface area contributed by atoms with Gasteiger partial charge >= 0.3 is 0 Å². The second-order valence-electron chi connectivity index (χ2n) is 3.67. The molecular formula is C12H15N3O3. The third kappa shape index (κ3) is 2.85. The molecule has 0 fully saturated rings. The number of nitrogen functional groups attached to an aromatic ring is 1. The van der Waals surface area contributed by atoms with Gasteiger partial charge in [0.25, 0.3) is 0 Å². The largest absolute Gasteiger partial charge is 0.497 e. The van der Waals surface area contributed by atoms with Gasteiger partial charge in [0.1, 0.15) is 23.9 Å². The summed E-state index contributed by atoms with van der Waals surface area (Å²) in [7, 11) is 3.21. The molecule has 3 N–H and O–H groups in total. The summed E-state index contributed by atoms with van der Waals surface area (Å²) in [6.07, 6.45) is 0. The van der Waals surface area contributed by atoms with Crippen LogP contribution in [0, 0.1) is 0 Å². The standard InChI is InChI=1S/C12H15N3O3/c1-16-9-3-8(4-10(5-9)17-2)7-18-12-6-11(13)14-15-12/h3-6H,7H2,1-2H3,(H3,13,14,15). The van der Waals surface area contributed by atoms with Gasteiger partial charge in [-0.2, -0.15) is 0 Å². The number of methoxy groups -OCH3 is 2. The summed E-state index contributed by atoms with van der Waals surface area (Å²) < 4.78 is 15.8. The van der Waals surface area contributed by atoms with Crippen LogP contribution >= 0.6 is 0 Å². The van der Waals surface area contributed by atoms with Gasteiger partial charge in [0.05, 0.1) is 14.2 Å². The fourth-order valence-electron chi connectivity index (χ4n) is 1.50. The molecule has 0 aliphatic rings. The van der Waals surface area contributed by atoms with Crippen LogP contribution < -0.4 is 19.9 Å². The van der Waals surface area contributed by atoms with Crippen LogP contribution in [0.5, 0.6) is 17.4 Å². The average Bonchev–Trinajstić information content (AvgIpc) is 2.81. The van der Waals surface area contributed by atoms with E-state index in [0.29, 0.717) is 18.3 Å². The molecule has 1 aromatic heterocycles. The highest BCUT2D eigenvalue weighted by Gasteiger charge is 2.04. The van der Waals surface area contributed by atoms with Crippen LogP contribution in [0.1, 0.15) is 5.56 Å². The molecule has 0 atom stereocenters. The Morgan fingerprint density at radius 3 is 2.28 bits per heavy atom. The van der Waals surface area contributed by atoms with Gasteiger partial charge in [0, 0.05) is 12.1 Å². The summed E-state index contributed by atoms with van der Waals surface area (Å²) in [6.45, 7) is 0.359. The zero-order valence-corrected chi connectivity index (χ0v) is 10.3. The molecule has 0 aliphatic heterocycles. The highest BCUT2D eigenvalue weighted by molar-refractivity contribution is 5.38. The fourth-order valence-corrected chi connectivity index (χ4v) is 1.50. The van der Waals surface area contributed by atoms with Crippen molar-refractivity contribution < 1.29 is 14.2 Å². The van der Waals surface area contributed by atoms with Crippen LogP contribution in [-0.4, -0.2) is 24.4 Å². The van der Waals surface area contributed by atoms with Crippen LogP contribution in [0.25, 0.3) is 0 Å². The van der Waals surface area contributed by atoms with Gasteiger partial charge in [-0.25, -0.2) is 0 Å². The van der Waals surface area contributed by atoms with Gasteiger partial charge in [0.2, 0.25) is 5.88 Å². The number of aromatic nitrogens is 2. The van der Waals surface area contributed by atoms with E-state index in [-0.39, 0.29) is 0 Å². The maximum atomic E-state index is 5.50. The Labute approximate surface area is 105 Å². The van der Waals surface area contributed by atoms with Gasteiger partial charge in [0.15, 0.2) is 0 Å². The Kier molecular flexibility index (Phi) is 3.57. The molecule has 0 bridgehead atoms. The molecule has 0 saturated carbocycles. The van der Waals surface area contributed by atoms with Crippen molar-refractivity contribution >= 4 is 5.82 Å². The number of rotatable bonds is 5. The molecule has 1 aromatic carbocycles. The summed E-state index contributed by atoms with van der Waals surface area (Å²) in [6, 6.07) is 7.17. The summed E-state index contributed by atoms with van der Waals surface area (Å²) in [5, 5.41) is 6.48. The highest BCUT2D eigenvalue weighted by atomic mass is 16.5. The van der Waals surface area contributed by atoms with E-state index in [1.807, 2.05) is 12.1 Å². The number of hydrogen-bond acceptors (Lipinski definition) is 5. The van der Waals surface area contributed by atoms with Crippen molar-refractivity contribution in [3.05, 3.63) is 29.8 Å². The van der Waals surface area contributed by atoms with Crippen molar-refractivity contribution in [3.63, 3.8) is 0 Å². The number of nitrogens with zero attached hydrogens (tertiary/aromatic N) is 1. The lowest BCUT2D eigenvalue weighted by atomic mass is 10.2. The minimum absolute atomic E-state index is 0.359. The third-order valence-electron chi connectivity index (χ3n) is 2.37. The maximum absolute atomic E-state index is 5.50. The molecule has 0 saturated heterocycles. The molecule has 18 heavy (non-hydrogen) atoms. The lowest BCUT2D eigenvalue weighted by molar-refractivity contribution is 0.291. The lowest BCUT2D eigenvalue weighted by Gasteiger charge is -2.08. The van der Waals surface area contributed by atoms with Gasteiger partial charge in [-0.3, -0.25) is 5.10 Å². The van der Waals surface area contributed by atoms with E-state index in [9.17, 15) is 0 Å².